The molecule has 0 N–H and O–H groups in total. The molecule has 1 fully saturated rings. The first-order valence-electron chi connectivity index (χ1n) is 6.78. The highest BCUT2D eigenvalue weighted by Gasteiger charge is 2.29. The number of hydrogen-bond acceptors (Lipinski definition) is 5. The molecule has 6 heteroatoms. The van der Waals surface area contributed by atoms with E-state index in [1.807, 2.05) is 4.90 Å². The number of aromatic nitrogens is 2. The Kier molecular flexibility index (Phi) is 3.30. The van der Waals surface area contributed by atoms with Crippen molar-refractivity contribution in [3.63, 3.8) is 0 Å². The van der Waals surface area contributed by atoms with E-state index in [1.165, 1.54) is 0 Å². The second-order valence-electron chi connectivity index (χ2n) is 5.15. The lowest BCUT2D eigenvalue weighted by Gasteiger charge is -2.31. The number of rotatable bonds is 2. The molecule has 0 aromatic carbocycles. The van der Waals surface area contributed by atoms with Crippen LogP contribution in [0.5, 0.6) is 0 Å². The minimum atomic E-state index is 0.0150. The summed E-state index contributed by atoms with van der Waals surface area (Å²) >= 11 is 0. The number of piperidine rings is 1. The third-order valence-corrected chi connectivity index (χ3v) is 3.71. The van der Waals surface area contributed by atoms with Gasteiger partial charge in [-0.3, -0.25) is 4.79 Å². The van der Waals surface area contributed by atoms with Gasteiger partial charge in [-0.15, -0.1) is 0 Å². The molecule has 1 atom stereocenters. The number of nitrogens with zero attached hydrogens (tertiary/aromatic N) is 3. The first kappa shape index (κ1) is 12.9. The standard InChI is InChI=1S/C14H17N3O3/c1-9-12(5-7-19-9)14(18)17-6-3-4-11(8-17)13-15-10(2)20-16-13/h5,7,11H,3-4,6,8H2,1-2H3/t11-/m1/s1. The summed E-state index contributed by atoms with van der Waals surface area (Å²) in [7, 11) is 0. The molecule has 3 rings (SSSR count). The molecule has 1 saturated heterocycles. The number of carbonyl (C=O) groups excluding carboxylic acids is 1. The molecule has 1 aliphatic heterocycles. The van der Waals surface area contributed by atoms with Gasteiger partial charge in [0.15, 0.2) is 5.82 Å². The van der Waals surface area contributed by atoms with E-state index in [2.05, 4.69) is 10.1 Å². The molecular weight excluding hydrogens is 258 g/mol. The second-order valence-corrected chi connectivity index (χ2v) is 5.15. The van der Waals surface area contributed by atoms with Crippen LogP contribution in [0.3, 0.4) is 0 Å². The lowest BCUT2D eigenvalue weighted by Crippen LogP contribution is -2.39. The van der Waals surface area contributed by atoms with Crippen molar-refractivity contribution in [2.24, 2.45) is 0 Å². The number of carbonyl (C=O) groups is 1. The maximum atomic E-state index is 12.5. The van der Waals surface area contributed by atoms with Crippen molar-refractivity contribution in [3.05, 3.63) is 35.4 Å². The molecule has 0 saturated carbocycles. The van der Waals surface area contributed by atoms with Gasteiger partial charge in [-0.1, -0.05) is 5.16 Å². The van der Waals surface area contributed by atoms with Crippen molar-refractivity contribution in [2.45, 2.75) is 32.6 Å². The zero-order chi connectivity index (χ0) is 14.1. The van der Waals surface area contributed by atoms with E-state index < -0.39 is 0 Å². The van der Waals surface area contributed by atoms with Crippen LogP contribution in [-0.4, -0.2) is 34.0 Å². The highest BCUT2D eigenvalue weighted by Crippen LogP contribution is 2.26. The first-order chi connectivity index (χ1) is 9.65. The van der Waals surface area contributed by atoms with Crippen LogP contribution in [0.4, 0.5) is 0 Å². The first-order valence-corrected chi connectivity index (χ1v) is 6.78. The van der Waals surface area contributed by atoms with Gasteiger partial charge in [-0.25, -0.2) is 0 Å². The average Bonchev–Trinajstić information content (AvgIpc) is 3.07. The Morgan fingerprint density at radius 3 is 2.95 bits per heavy atom. The number of aryl methyl sites for hydroxylation is 2. The molecule has 1 aliphatic rings. The number of likely N-dealkylation sites (tertiary alicyclic amines) is 1. The molecule has 6 nitrogen and oxygen atoms in total. The zero-order valence-corrected chi connectivity index (χ0v) is 11.6. The van der Waals surface area contributed by atoms with Crippen LogP contribution in [0.15, 0.2) is 21.3 Å². The molecular formula is C14H17N3O3. The summed E-state index contributed by atoms with van der Waals surface area (Å²) in [5, 5.41) is 3.97. The van der Waals surface area contributed by atoms with Crippen LogP contribution in [0.1, 0.15) is 46.6 Å². The number of amides is 1. The van der Waals surface area contributed by atoms with Crippen molar-refractivity contribution in [1.29, 1.82) is 0 Å². The quantitative estimate of drug-likeness (QED) is 0.840. The molecule has 0 spiro atoms. The van der Waals surface area contributed by atoms with E-state index >= 15 is 0 Å². The molecule has 20 heavy (non-hydrogen) atoms. The minimum Gasteiger partial charge on any atom is -0.469 e. The van der Waals surface area contributed by atoms with E-state index in [9.17, 15) is 4.79 Å². The van der Waals surface area contributed by atoms with Gasteiger partial charge in [-0.2, -0.15) is 4.98 Å². The van der Waals surface area contributed by atoms with Crippen molar-refractivity contribution < 1.29 is 13.7 Å². The van der Waals surface area contributed by atoms with Crippen molar-refractivity contribution >= 4 is 5.91 Å². The van der Waals surface area contributed by atoms with Crippen LogP contribution < -0.4 is 0 Å². The predicted molar refractivity (Wildman–Crippen MR) is 70.4 cm³/mol. The van der Waals surface area contributed by atoms with Crippen molar-refractivity contribution in [2.75, 3.05) is 13.1 Å². The second kappa shape index (κ2) is 5.11. The third kappa shape index (κ3) is 2.33. The van der Waals surface area contributed by atoms with E-state index in [0.717, 1.165) is 19.4 Å². The molecule has 3 heterocycles. The summed E-state index contributed by atoms with van der Waals surface area (Å²) < 4.78 is 10.2. The fourth-order valence-corrected chi connectivity index (χ4v) is 2.63. The van der Waals surface area contributed by atoms with E-state index in [1.54, 1.807) is 26.2 Å². The average molecular weight is 275 g/mol. The Balaban J connectivity index is 1.75. The lowest BCUT2D eigenvalue weighted by molar-refractivity contribution is 0.0702. The Labute approximate surface area is 116 Å². The fourth-order valence-electron chi connectivity index (χ4n) is 2.63. The molecule has 0 radical (unpaired) electrons. The topological polar surface area (TPSA) is 72.4 Å². The maximum absolute atomic E-state index is 12.5. The van der Waals surface area contributed by atoms with Gasteiger partial charge in [0, 0.05) is 25.9 Å². The molecule has 106 valence electrons. The summed E-state index contributed by atoms with van der Waals surface area (Å²) in [5.41, 5.74) is 0.634. The van der Waals surface area contributed by atoms with Gasteiger partial charge >= 0.3 is 0 Å². The van der Waals surface area contributed by atoms with Gasteiger partial charge in [0.2, 0.25) is 5.89 Å². The molecule has 2 aromatic heterocycles. The van der Waals surface area contributed by atoms with Crippen LogP contribution in [0.25, 0.3) is 0 Å². The molecule has 0 unspecified atom stereocenters. The van der Waals surface area contributed by atoms with E-state index in [4.69, 9.17) is 8.94 Å². The van der Waals surface area contributed by atoms with Gasteiger partial charge in [0.25, 0.3) is 5.91 Å². The number of hydrogen-bond donors (Lipinski definition) is 0. The maximum Gasteiger partial charge on any atom is 0.257 e. The third-order valence-electron chi connectivity index (χ3n) is 3.71. The summed E-state index contributed by atoms with van der Waals surface area (Å²) in [6.45, 7) is 4.97. The molecule has 0 bridgehead atoms. The van der Waals surface area contributed by atoms with Crippen LogP contribution in [0, 0.1) is 13.8 Å². The Morgan fingerprint density at radius 1 is 1.45 bits per heavy atom. The summed E-state index contributed by atoms with van der Waals surface area (Å²) in [4.78, 5) is 18.6. The smallest absolute Gasteiger partial charge is 0.257 e. The summed E-state index contributed by atoms with van der Waals surface area (Å²) in [6, 6.07) is 1.72. The highest BCUT2D eigenvalue weighted by atomic mass is 16.5. The predicted octanol–water partition coefficient (Wildman–Crippen LogP) is 2.30. The lowest BCUT2D eigenvalue weighted by atomic mass is 9.97. The monoisotopic (exact) mass is 275 g/mol. The SMILES string of the molecule is Cc1nc([C@@H]2CCCN(C(=O)c3ccoc3C)C2)no1. The van der Waals surface area contributed by atoms with Gasteiger partial charge in [0.05, 0.1) is 11.8 Å². The van der Waals surface area contributed by atoms with Crippen LogP contribution in [-0.2, 0) is 0 Å². The van der Waals surface area contributed by atoms with Crippen LogP contribution in [0.2, 0.25) is 0 Å². The molecule has 2 aromatic rings. The summed E-state index contributed by atoms with van der Waals surface area (Å²) in [6.07, 6.45) is 3.47. The molecule has 0 aliphatic carbocycles. The Bertz CT molecular complexity index is 617. The minimum absolute atomic E-state index is 0.0150. The van der Waals surface area contributed by atoms with Gasteiger partial charge in [-0.05, 0) is 25.8 Å². The number of furan rings is 1. The summed E-state index contributed by atoms with van der Waals surface area (Å²) in [5.74, 6) is 2.09. The largest absolute Gasteiger partial charge is 0.469 e. The van der Waals surface area contributed by atoms with Crippen molar-refractivity contribution in [3.8, 4) is 0 Å². The Morgan fingerprint density at radius 2 is 2.30 bits per heavy atom. The van der Waals surface area contributed by atoms with E-state index in [0.29, 0.717) is 29.6 Å². The van der Waals surface area contributed by atoms with Crippen molar-refractivity contribution in [1.82, 2.24) is 15.0 Å². The fraction of sp³-hybridized carbons (Fsp3) is 0.500. The molecule has 1 amide bonds. The highest BCUT2D eigenvalue weighted by molar-refractivity contribution is 5.95. The van der Waals surface area contributed by atoms with Gasteiger partial charge in [0.1, 0.15) is 5.76 Å². The van der Waals surface area contributed by atoms with Gasteiger partial charge < -0.3 is 13.8 Å². The van der Waals surface area contributed by atoms with Crippen LogP contribution >= 0.6 is 0 Å². The Hall–Kier alpha value is -2.11. The zero-order valence-electron chi connectivity index (χ0n) is 11.6. The van der Waals surface area contributed by atoms with E-state index in [-0.39, 0.29) is 11.8 Å². The normalized spacial score (nSPS) is 19.3.